The van der Waals surface area contributed by atoms with Crippen molar-refractivity contribution in [3.8, 4) is 11.5 Å². The number of methoxy groups -OCH3 is 1. The number of anilines is 1. The van der Waals surface area contributed by atoms with E-state index in [1.54, 1.807) is 7.11 Å². The van der Waals surface area contributed by atoms with E-state index in [9.17, 15) is 4.79 Å². The number of carbonyl (C=O) groups is 1. The number of benzene rings is 2. The molecule has 1 fully saturated rings. The lowest BCUT2D eigenvalue weighted by Crippen LogP contribution is -2.37. The number of hydrogen-bond donors (Lipinski definition) is 1. The van der Waals surface area contributed by atoms with Crippen LogP contribution in [-0.4, -0.2) is 42.6 Å². The maximum atomic E-state index is 12.5. The average molecular weight is 505 g/mol. The van der Waals surface area contributed by atoms with Gasteiger partial charge >= 0.3 is 0 Å². The Hall–Kier alpha value is -2.12. The number of carbonyl (C=O) groups excluding carboxylic acids is 1. The largest absolute Gasteiger partial charge is 0.493 e. The molecule has 1 N–H and O–H groups in total. The van der Waals surface area contributed by atoms with Crippen molar-refractivity contribution in [1.29, 1.82) is 0 Å². The van der Waals surface area contributed by atoms with Crippen LogP contribution in [0.15, 0.2) is 34.8 Å². The number of nitrogens with zero attached hydrogens (tertiary/aromatic N) is 1. The fraction of sp³-hybridized carbons (Fsp3) is 0.417. The zero-order valence-electron chi connectivity index (χ0n) is 18.5. The van der Waals surface area contributed by atoms with Gasteiger partial charge in [0.05, 0.1) is 11.6 Å². The minimum absolute atomic E-state index is 0.128. The minimum Gasteiger partial charge on any atom is -0.493 e. The molecule has 3 rings (SSSR count). The third-order valence-electron chi connectivity index (χ3n) is 5.64. The smallest absolute Gasteiger partial charge is 0.262 e. The molecule has 0 spiro atoms. The van der Waals surface area contributed by atoms with Crippen molar-refractivity contribution >= 4 is 44.7 Å². The average Bonchev–Trinajstić information content (AvgIpc) is 2.75. The Morgan fingerprint density at radius 1 is 1.23 bits per heavy atom. The van der Waals surface area contributed by atoms with Crippen LogP contribution in [0.5, 0.6) is 11.5 Å². The van der Waals surface area contributed by atoms with Gasteiger partial charge in [-0.15, -0.1) is 0 Å². The quantitative estimate of drug-likeness (QED) is 0.526. The van der Waals surface area contributed by atoms with Crippen molar-refractivity contribution in [2.45, 2.75) is 33.6 Å². The first-order chi connectivity index (χ1) is 14.8. The number of thiocarbonyl (C=S) groups is 1. The summed E-state index contributed by atoms with van der Waals surface area (Å²) in [6, 6.07) is 9.71. The first-order valence-corrected chi connectivity index (χ1v) is 11.7. The Morgan fingerprint density at radius 2 is 1.87 bits per heavy atom. The molecule has 1 aliphatic heterocycles. The molecule has 0 unspecified atom stereocenters. The molecule has 1 aliphatic rings. The highest BCUT2D eigenvalue weighted by Crippen LogP contribution is 2.37. The Morgan fingerprint density at radius 3 is 2.48 bits per heavy atom. The molecule has 0 atom stereocenters. The van der Waals surface area contributed by atoms with Gasteiger partial charge in [0.15, 0.2) is 18.1 Å². The first-order valence-electron chi connectivity index (χ1n) is 10.5. The first kappa shape index (κ1) is 23.5. The predicted octanol–water partition coefficient (Wildman–Crippen LogP) is 5.50. The van der Waals surface area contributed by atoms with E-state index < -0.39 is 0 Å². The maximum Gasteiger partial charge on any atom is 0.262 e. The van der Waals surface area contributed by atoms with E-state index in [0.29, 0.717) is 16.0 Å². The molecule has 166 valence electrons. The van der Waals surface area contributed by atoms with Crippen molar-refractivity contribution in [2.75, 3.05) is 32.1 Å². The molecule has 2 aromatic carbocycles. The lowest BCUT2D eigenvalue weighted by Gasteiger charge is -2.32. The summed E-state index contributed by atoms with van der Waals surface area (Å²) in [6.07, 6.45) is 2.30. The second-order valence-electron chi connectivity index (χ2n) is 8.07. The summed E-state index contributed by atoms with van der Waals surface area (Å²) in [4.78, 5) is 15.5. The summed E-state index contributed by atoms with van der Waals surface area (Å²) < 4.78 is 12.1. The number of likely N-dealkylation sites (tertiary alicyclic amines) is 1. The van der Waals surface area contributed by atoms with E-state index in [0.717, 1.165) is 59.2 Å². The zero-order chi connectivity index (χ0) is 22.5. The van der Waals surface area contributed by atoms with Gasteiger partial charge in [-0.3, -0.25) is 4.79 Å². The van der Waals surface area contributed by atoms with Crippen LogP contribution in [0.25, 0.3) is 0 Å². The zero-order valence-corrected chi connectivity index (χ0v) is 20.9. The van der Waals surface area contributed by atoms with E-state index in [1.165, 1.54) is 0 Å². The van der Waals surface area contributed by atoms with Crippen LogP contribution in [0.4, 0.5) is 5.69 Å². The Balaban J connectivity index is 1.70. The fourth-order valence-electron chi connectivity index (χ4n) is 3.70. The van der Waals surface area contributed by atoms with E-state index in [2.05, 4.69) is 33.1 Å². The monoisotopic (exact) mass is 504 g/mol. The standard InChI is InChI=1S/C24H29BrN2O3S/c1-15-8-10-27(11-9-15)24(31)18-12-19(25)23(20(13-18)29-4)30-14-21(28)26-22-16(2)6-5-7-17(22)3/h5-7,12-13,15H,8-11,14H2,1-4H3,(H,26,28). The molecule has 2 aromatic rings. The molecule has 0 saturated carbocycles. The van der Waals surface area contributed by atoms with Crippen LogP contribution in [0.2, 0.25) is 0 Å². The molecular weight excluding hydrogens is 476 g/mol. The van der Waals surface area contributed by atoms with E-state index in [1.807, 2.05) is 44.2 Å². The lowest BCUT2D eigenvalue weighted by atomic mass is 9.99. The van der Waals surface area contributed by atoms with Gasteiger partial charge in [-0.05, 0) is 71.8 Å². The van der Waals surface area contributed by atoms with Gasteiger partial charge in [0, 0.05) is 24.3 Å². The van der Waals surface area contributed by atoms with Crippen molar-refractivity contribution in [1.82, 2.24) is 4.90 Å². The number of amides is 1. The SMILES string of the molecule is COc1cc(C(=S)N2CCC(C)CC2)cc(Br)c1OCC(=O)Nc1c(C)cccc1C. The number of para-hydroxylation sites is 1. The number of nitrogens with one attached hydrogen (secondary N) is 1. The maximum absolute atomic E-state index is 12.5. The van der Waals surface area contributed by atoms with Gasteiger partial charge in [0.2, 0.25) is 0 Å². The van der Waals surface area contributed by atoms with Gasteiger partial charge in [0.25, 0.3) is 5.91 Å². The Bertz CT molecular complexity index is 951. The lowest BCUT2D eigenvalue weighted by molar-refractivity contribution is -0.118. The highest BCUT2D eigenvalue weighted by atomic mass is 79.9. The number of halogens is 1. The number of aryl methyl sites for hydroxylation is 2. The molecule has 1 saturated heterocycles. The summed E-state index contributed by atoms with van der Waals surface area (Å²) >= 11 is 9.30. The minimum atomic E-state index is -0.228. The number of piperidine rings is 1. The van der Waals surface area contributed by atoms with Crippen LogP contribution in [0.1, 0.15) is 36.5 Å². The molecule has 31 heavy (non-hydrogen) atoms. The van der Waals surface area contributed by atoms with E-state index >= 15 is 0 Å². The van der Waals surface area contributed by atoms with Crippen molar-refractivity contribution in [2.24, 2.45) is 5.92 Å². The molecule has 0 aromatic heterocycles. The van der Waals surface area contributed by atoms with E-state index in [-0.39, 0.29) is 12.5 Å². The second kappa shape index (κ2) is 10.5. The van der Waals surface area contributed by atoms with Crippen LogP contribution in [0.3, 0.4) is 0 Å². The molecule has 1 amide bonds. The van der Waals surface area contributed by atoms with Crippen molar-refractivity contribution < 1.29 is 14.3 Å². The van der Waals surface area contributed by atoms with Gasteiger partial charge in [0.1, 0.15) is 4.99 Å². The predicted molar refractivity (Wildman–Crippen MR) is 132 cm³/mol. The third kappa shape index (κ3) is 5.77. The van der Waals surface area contributed by atoms with Crippen LogP contribution in [-0.2, 0) is 4.79 Å². The van der Waals surface area contributed by atoms with Crippen molar-refractivity contribution in [3.63, 3.8) is 0 Å². The molecule has 0 radical (unpaired) electrons. The van der Waals surface area contributed by atoms with Crippen LogP contribution >= 0.6 is 28.1 Å². The highest BCUT2D eigenvalue weighted by molar-refractivity contribution is 9.10. The van der Waals surface area contributed by atoms with Gasteiger partial charge in [-0.25, -0.2) is 0 Å². The Labute approximate surface area is 198 Å². The van der Waals surface area contributed by atoms with Crippen LogP contribution < -0.4 is 14.8 Å². The van der Waals surface area contributed by atoms with Gasteiger partial charge < -0.3 is 19.7 Å². The molecule has 1 heterocycles. The summed E-state index contributed by atoms with van der Waals surface area (Å²) in [7, 11) is 1.58. The molecule has 0 bridgehead atoms. The second-order valence-corrected chi connectivity index (χ2v) is 9.31. The molecule has 5 nitrogen and oxygen atoms in total. The van der Waals surface area contributed by atoms with Crippen molar-refractivity contribution in [3.05, 3.63) is 51.5 Å². The van der Waals surface area contributed by atoms with E-state index in [4.69, 9.17) is 21.7 Å². The normalized spacial score (nSPS) is 14.3. The molecule has 7 heteroatoms. The highest BCUT2D eigenvalue weighted by Gasteiger charge is 2.21. The summed E-state index contributed by atoms with van der Waals surface area (Å²) in [6.45, 7) is 8.02. The Kier molecular flexibility index (Phi) is 7.94. The summed E-state index contributed by atoms with van der Waals surface area (Å²) in [5.74, 6) is 1.54. The summed E-state index contributed by atoms with van der Waals surface area (Å²) in [5, 5.41) is 2.93. The van der Waals surface area contributed by atoms with Crippen LogP contribution in [0, 0.1) is 19.8 Å². The number of rotatable bonds is 6. The van der Waals surface area contributed by atoms with Gasteiger partial charge in [-0.2, -0.15) is 0 Å². The topological polar surface area (TPSA) is 50.8 Å². The number of hydrogen-bond acceptors (Lipinski definition) is 4. The number of ether oxygens (including phenoxy) is 2. The third-order valence-corrected chi connectivity index (χ3v) is 6.72. The fourth-order valence-corrected chi connectivity index (χ4v) is 4.56. The summed E-state index contributed by atoms with van der Waals surface area (Å²) in [5.41, 5.74) is 3.74. The molecule has 0 aliphatic carbocycles. The van der Waals surface area contributed by atoms with Gasteiger partial charge in [-0.1, -0.05) is 37.3 Å². The molecular formula is C24H29BrN2O3S.